The Morgan fingerprint density at radius 2 is 2.00 bits per heavy atom. The number of hydrogen-bond donors (Lipinski definition) is 2. The van der Waals surface area contributed by atoms with Gasteiger partial charge in [-0.25, -0.2) is 0 Å². The fourth-order valence-corrected chi connectivity index (χ4v) is 2.52. The molecule has 1 aliphatic heterocycles. The van der Waals surface area contributed by atoms with E-state index in [-0.39, 0.29) is 17.9 Å². The van der Waals surface area contributed by atoms with Gasteiger partial charge in [0.15, 0.2) is 0 Å². The van der Waals surface area contributed by atoms with Crippen molar-refractivity contribution in [2.75, 3.05) is 6.61 Å². The molecule has 0 radical (unpaired) electrons. The van der Waals surface area contributed by atoms with Crippen LogP contribution in [0.25, 0.3) is 0 Å². The van der Waals surface area contributed by atoms with E-state index in [0.29, 0.717) is 13.0 Å². The van der Waals surface area contributed by atoms with Gasteiger partial charge in [0.25, 0.3) is 0 Å². The zero-order chi connectivity index (χ0) is 15.4. The number of aliphatic carboxylic acids is 1. The highest BCUT2D eigenvalue weighted by Crippen LogP contribution is 2.34. The Kier molecular flexibility index (Phi) is 4.96. The van der Waals surface area contributed by atoms with Crippen LogP contribution >= 0.6 is 0 Å². The first-order valence-electron chi connectivity index (χ1n) is 7.20. The van der Waals surface area contributed by atoms with Gasteiger partial charge in [-0.3, -0.25) is 9.59 Å². The molecule has 21 heavy (non-hydrogen) atoms. The summed E-state index contributed by atoms with van der Waals surface area (Å²) < 4.78 is 5.77. The van der Waals surface area contributed by atoms with Crippen LogP contribution in [-0.4, -0.2) is 29.6 Å². The predicted octanol–water partition coefficient (Wildman–Crippen LogP) is 2.05. The highest BCUT2D eigenvalue weighted by atomic mass is 16.5. The highest BCUT2D eigenvalue weighted by Gasteiger charge is 2.34. The number of carboxylic acid groups (broad SMARTS) is 1. The van der Waals surface area contributed by atoms with Gasteiger partial charge < -0.3 is 15.2 Å². The third-order valence-electron chi connectivity index (χ3n) is 3.79. The maximum atomic E-state index is 12.3. The van der Waals surface area contributed by atoms with Gasteiger partial charge in [-0.1, -0.05) is 29.8 Å². The van der Waals surface area contributed by atoms with Crippen molar-refractivity contribution in [3.63, 3.8) is 0 Å². The molecule has 5 nitrogen and oxygen atoms in total. The summed E-state index contributed by atoms with van der Waals surface area (Å²) in [6.07, 6.45) is 1.21. The molecule has 0 aromatic heterocycles. The van der Waals surface area contributed by atoms with Crippen LogP contribution in [0.4, 0.5) is 0 Å². The van der Waals surface area contributed by atoms with Crippen molar-refractivity contribution in [2.24, 2.45) is 5.92 Å². The van der Waals surface area contributed by atoms with Crippen molar-refractivity contribution in [3.05, 3.63) is 35.4 Å². The summed E-state index contributed by atoms with van der Waals surface area (Å²) in [6.45, 7) is 4.09. The normalized spacial score (nSPS) is 23.3. The first-order valence-corrected chi connectivity index (χ1v) is 7.20. The number of rotatable bonds is 4. The van der Waals surface area contributed by atoms with Crippen molar-refractivity contribution < 1.29 is 19.4 Å². The van der Waals surface area contributed by atoms with E-state index in [1.54, 1.807) is 0 Å². The van der Waals surface area contributed by atoms with Crippen molar-refractivity contribution in [2.45, 2.75) is 38.8 Å². The SMILES string of the molecule is Cc1ccc(C2OCCCC2C(=O)N[C@H](C)C(=O)O)cc1. The van der Waals surface area contributed by atoms with Gasteiger partial charge in [-0.15, -0.1) is 0 Å². The molecule has 1 saturated heterocycles. The van der Waals surface area contributed by atoms with Crippen LogP contribution < -0.4 is 5.32 Å². The van der Waals surface area contributed by atoms with Gasteiger partial charge >= 0.3 is 5.97 Å². The molecule has 0 saturated carbocycles. The predicted molar refractivity (Wildman–Crippen MR) is 77.8 cm³/mol. The maximum absolute atomic E-state index is 12.3. The Hall–Kier alpha value is -1.88. The Labute approximate surface area is 124 Å². The zero-order valence-electron chi connectivity index (χ0n) is 12.3. The molecule has 2 rings (SSSR count). The summed E-state index contributed by atoms with van der Waals surface area (Å²) in [4.78, 5) is 23.2. The summed E-state index contributed by atoms with van der Waals surface area (Å²) >= 11 is 0. The number of nitrogens with one attached hydrogen (secondary N) is 1. The molecule has 0 aliphatic carbocycles. The van der Waals surface area contributed by atoms with E-state index in [9.17, 15) is 9.59 Å². The van der Waals surface area contributed by atoms with Gasteiger partial charge in [0.1, 0.15) is 6.04 Å². The van der Waals surface area contributed by atoms with E-state index in [2.05, 4.69) is 5.32 Å². The van der Waals surface area contributed by atoms with Crippen molar-refractivity contribution in [1.82, 2.24) is 5.32 Å². The standard InChI is InChI=1S/C16H21NO4/c1-10-5-7-12(8-6-10)14-13(4-3-9-21-14)15(18)17-11(2)16(19)20/h5-8,11,13-14H,3-4,9H2,1-2H3,(H,17,18)(H,19,20)/t11-,13?,14?/m1/s1. The maximum Gasteiger partial charge on any atom is 0.325 e. The van der Waals surface area contributed by atoms with E-state index in [1.807, 2.05) is 31.2 Å². The van der Waals surface area contributed by atoms with Crippen LogP contribution in [0.1, 0.15) is 37.0 Å². The summed E-state index contributed by atoms with van der Waals surface area (Å²) in [5, 5.41) is 11.4. The Morgan fingerprint density at radius 1 is 1.33 bits per heavy atom. The fraction of sp³-hybridized carbons (Fsp3) is 0.500. The first-order chi connectivity index (χ1) is 9.99. The van der Waals surface area contributed by atoms with Gasteiger partial charge in [-0.05, 0) is 32.3 Å². The first kappa shape index (κ1) is 15.5. The lowest BCUT2D eigenvalue weighted by atomic mass is 9.88. The summed E-state index contributed by atoms with van der Waals surface area (Å²) in [5.41, 5.74) is 2.11. The Balaban J connectivity index is 2.13. The van der Waals surface area contributed by atoms with E-state index in [1.165, 1.54) is 6.92 Å². The van der Waals surface area contributed by atoms with Crippen LogP contribution in [0.15, 0.2) is 24.3 Å². The van der Waals surface area contributed by atoms with Crippen molar-refractivity contribution >= 4 is 11.9 Å². The minimum atomic E-state index is -1.04. The van der Waals surface area contributed by atoms with E-state index < -0.39 is 12.0 Å². The number of aryl methyl sites for hydroxylation is 1. The van der Waals surface area contributed by atoms with E-state index >= 15 is 0 Å². The molecule has 1 amide bonds. The second kappa shape index (κ2) is 6.72. The number of carboxylic acids is 1. The molecule has 1 heterocycles. The molecular weight excluding hydrogens is 270 g/mol. The molecule has 1 aromatic carbocycles. The molecule has 1 aliphatic rings. The second-order valence-electron chi connectivity index (χ2n) is 5.52. The number of benzene rings is 1. The monoisotopic (exact) mass is 291 g/mol. The van der Waals surface area contributed by atoms with Crippen molar-refractivity contribution in [3.8, 4) is 0 Å². The lowest BCUT2D eigenvalue weighted by molar-refractivity contribution is -0.144. The Bertz CT molecular complexity index is 512. The lowest BCUT2D eigenvalue weighted by Gasteiger charge is -2.31. The van der Waals surface area contributed by atoms with Gasteiger partial charge in [0.05, 0.1) is 12.0 Å². The molecule has 2 unspecified atom stereocenters. The average Bonchev–Trinajstić information content (AvgIpc) is 2.48. The topological polar surface area (TPSA) is 75.6 Å². The molecule has 2 N–H and O–H groups in total. The Morgan fingerprint density at radius 3 is 2.62 bits per heavy atom. The number of carbonyl (C=O) groups is 2. The van der Waals surface area contributed by atoms with E-state index in [0.717, 1.165) is 17.5 Å². The molecule has 0 bridgehead atoms. The van der Waals surface area contributed by atoms with Gasteiger partial charge in [0.2, 0.25) is 5.91 Å². The van der Waals surface area contributed by atoms with Crippen molar-refractivity contribution in [1.29, 1.82) is 0 Å². The van der Waals surface area contributed by atoms with Gasteiger partial charge in [0, 0.05) is 6.61 Å². The van der Waals surface area contributed by atoms with E-state index in [4.69, 9.17) is 9.84 Å². The molecule has 114 valence electrons. The zero-order valence-corrected chi connectivity index (χ0v) is 12.3. The minimum Gasteiger partial charge on any atom is -0.480 e. The number of hydrogen-bond acceptors (Lipinski definition) is 3. The summed E-state index contributed by atoms with van der Waals surface area (Å²) in [7, 11) is 0. The smallest absolute Gasteiger partial charge is 0.325 e. The lowest BCUT2D eigenvalue weighted by Crippen LogP contribution is -2.44. The summed E-state index contributed by atoms with van der Waals surface area (Å²) in [5.74, 6) is -1.63. The van der Waals surface area contributed by atoms with Crippen LogP contribution in [0, 0.1) is 12.8 Å². The highest BCUT2D eigenvalue weighted by molar-refractivity contribution is 5.85. The molecule has 0 spiro atoms. The second-order valence-corrected chi connectivity index (χ2v) is 5.52. The number of amides is 1. The number of ether oxygens (including phenoxy) is 1. The molecule has 3 atom stereocenters. The largest absolute Gasteiger partial charge is 0.480 e. The fourth-order valence-electron chi connectivity index (χ4n) is 2.52. The van der Waals surface area contributed by atoms with Crippen LogP contribution in [0.2, 0.25) is 0 Å². The molecule has 1 aromatic rings. The van der Waals surface area contributed by atoms with Crippen LogP contribution in [-0.2, 0) is 14.3 Å². The summed E-state index contributed by atoms with van der Waals surface area (Å²) in [6, 6.07) is 7.01. The molecular formula is C16H21NO4. The van der Waals surface area contributed by atoms with Gasteiger partial charge in [-0.2, -0.15) is 0 Å². The quantitative estimate of drug-likeness (QED) is 0.890. The number of carbonyl (C=O) groups excluding carboxylic acids is 1. The third-order valence-corrected chi connectivity index (χ3v) is 3.79. The average molecular weight is 291 g/mol. The third kappa shape index (κ3) is 3.82. The minimum absolute atomic E-state index is 0.254. The van der Waals surface area contributed by atoms with Crippen LogP contribution in [0.3, 0.4) is 0 Å². The molecule has 5 heteroatoms. The van der Waals surface area contributed by atoms with Crippen LogP contribution in [0.5, 0.6) is 0 Å². The molecule has 1 fully saturated rings.